The van der Waals surface area contributed by atoms with E-state index in [1.54, 1.807) is 42.7 Å². The average Bonchev–Trinajstić information content (AvgIpc) is 0.811. The van der Waals surface area contributed by atoms with Gasteiger partial charge in [0.05, 0.1) is 94.6 Å². The molecule has 6 rings (SSSR count). The van der Waals surface area contributed by atoms with Gasteiger partial charge in [-0.15, -0.1) is 0 Å². The van der Waals surface area contributed by atoms with Crippen molar-refractivity contribution in [3.8, 4) is 0 Å². The maximum atomic E-state index is 6.24. The molecule has 0 aromatic rings. The van der Waals surface area contributed by atoms with Gasteiger partial charge in [0.1, 0.15) is 116 Å². The van der Waals surface area contributed by atoms with Gasteiger partial charge < -0.3 is 133 Å². The van der Waals surface area contributed by atoms with E-state index in [9.17, 15) is 0 Å². The van der Waals surface area contributed by atoms with Gasteiger partial charge in [-0.05, 0) is 136 Å². The second-order valence-corrected chi connectivity index (χ2v) is 47.7. The zero-order valence-electron chi connectivity index (χ0n) is 99.5. The van der Waals surface area contributed by atoms with Crippen molar-refractivity contribution >= 4 is 0 Å². The van der Waals surface area contributed by atoms with Crippen molar-refractivity contribution in [1.82, 2.24) is 0 Å². The zero-order valence-corrected chi connectivity index (χ0v) is 99.5. The summed E-state index contributed by atoms with van der Waals surface area (Å²) in [7, 11) is 10.3. The van der Waals surface area contributed by atoms with E-state index < -0.39 is 0 Å². The Hall–Kier alpha value is -1.12. The van der Waals surface area contributed by atoms with Crippen LogP contribution in [0.4, 0.5) is 0 Å². The fourth-order valence-electron chi connectivity index (χ4n) is 17.4. The molecule has 30 unspecified atom stereocenters. The van der Waals surface area contributed by atoms with Crippen LogP contribution in [0.25, 0.3) is 0 Å². The molecule has 0 saturated carbocycles. The minimum atomic E-state index is -0.195. The van der Waals surface area contributed by atoms with Crippen LogP contribution in [0.2, 0.25) is 0 Å². The van der Waals surface area contributed by atoms with Crippen LogP contribution in [-0.4, -0.2) is 359 Å². The Labute approximate surface area is 870 Å². The van der Waals surface area contributed by atoms with Gasteiger partial charge >= 0.3 is 0 Å². The van der Waals surface area contributed by atoms with Crippen LogP contribution in [0.1, 0.15) is 277 Å². The van der Waals surface area contributed by atoms with Gasteiger partial charge in [0, 0.05) is 160 Å². The maximum absolute atomic E-state index is 6.24. The lowest BCUT2D eigenvalue weighted by atomic mass is 9.88. The Morgan fingerprint density at radius 2 is 0.275 bits per heavy atom. The highest BCUT2D eigenvalue weighted by Gasteiger charge is 2.52. The molecule has 0 radical (unpaired) electrons. The number of rotatable bonds is 60. The summed E-state index contributed by atoms with van der Waals surface area (Å²) in [5.74, 6) is 8.38. The van der Waals surface area contributed by atoms with Crippen molar-refractivity contribution in [3.05, 3.63) is 0 Å². The highest BCUT2D eigenvalue weighted by molar-refractivity contribution is 5.00. The number of ether oxygens (including phenoxy) is 28. The molecule has 142 heavy (non-hydrogen) atoms. The van der Waals surface area contributed by atoms with E-state index in [0.717, 1.165) is 52.9 Å². The van der Waals surface area contributed by atoms with Gasteiger partial charge in [-0.2, -0.15) is 0 Å². The van der Waals surface area contributed by atoms with Gasteiger partial charge in [-0.3, -0.25) is 0 Å². The smallest absolute Gasteiger partial charge is 0.115 e. The molecule has 28 nitrogen and oxygen atoms in total. The number of methoxy groups -OCH3 is 6. The summed E-state index contributed by atoms with van der Waals surface area (Å²) in [4.78, 5) is 0. The van der Waals surface area contributed by atoms with Crippen molar-refractivity contribution in [2.24, 2.45) is 107 Å². The first-order valence-corrected chi connectivity index (χ1v) is 55.5. The van der Waals surface area contributed by atoms with Crippen molar-refractivity contribution in [3.63, 3.8) is 0 Å². The summed E-state index contributed by atoms with van der Waals surface area (Å²) in [6.07, 6.45) is -2.48. The van der Waals surface area contributed by atoms with E-state index in [-0.39, 0.29) is 171 Å². The van der Waals surface area contributed by atoms with Gasteiger partial charge in [-0.1, -0.05) is 235 Å². The van der Waals surface area contributed by atoms with Crippen molar-refractivity contribution in [1.29, 1.82) is 0 Å². The van der Waals surface area contributed by atoms with Crippen LogP contribution in [0, 0.1) is 107 Å². The monoisotopic (exact) mass is 2050 g/mol. The molecule has 0 spiro atoms. The lowest BCUT2D eigenvalue weighted by Gasteiger charge is -2.45. The number of hydrogen-bond donors (Lipinski definition) is 0. The molecule has 0 aromatic carbocycles. The summed E-state index contributed by atoms with van der Waals surface area (Å²) in [5.41, 5.74) is 0. The summed E-state index contributed by atoms with van der Waals surface area (Å²) in [6, 6.07) is 0. The van der Waals surface area contributed by atoms with E-state index >= 15 is 0 Å². The summed E-state index contributed by atoms with van der Waals surface area (Å²) in [6.45, 7) is 100. The molecule has 6 saturated heterocycles. The Bertz CT molecular complexity index is 2640. The lowest BCUT2D eigenvalue weighted by Crippen LogP contribution is -2.60. The Kier molecular flexibility index (Phi) is 75.6. The highest BCUT2D eigenvalue weighted by Crippen LogP contribution is 2.37. The molecular weight excluding hydrogens is 1820 g/mol. The Balaban J connectivity index is 0.000000853. The van der Waals surface area contributed by atoms with E-state index in [1.165, 1.54) is 0 Å². The molecule has 0 amide bonds. The van der Waals surface area contributed by atoms with E-state index in [0.29, 0.717) is 199 Å². The molecule has 6 heterocycles. The standard InChI is InChI=1S/4C20H40O5.2C17H34O4/c4*1-13(2)9-22-12-17-19(21-8)20(24-11-15(5)6)18(16(7)25-17)23-10-14(3)4;1-11(2)8-19-10-15-17(18-7)13(5)16(14(6)21-15)20-9-12(3)4;1-11(2)8-19-10-15-17(18-7)16(20-9-12(3)4)13(5)14(6)21-15/h4*13-20H,9-12H2,1-8H3;2*11-17H,8-10H2,1-7H3. The maximum Gasteiger partial charge on any atom is 0.115 e. The summed E-state index contributed by atoms with van der Waals surface area (Å²) in [5, 5.41) is 0. The van der Waals surface area contributed by atoms with E-state index in [1.807, 2.05) is 0 Å². The molecule has 6 aliphatic heterocycles. The molecule has 0 bridgehead atoms. The van der Waals surface area contributed by atoms with Crippen LogP contribution in [0.5, 0.6) is 0 Å². The normalized spacial score (nSPS) is 31.6. The molecule has 0 aliphatic carbocycles. The minimum Gasteiger partial charge on any atom is -0.378 e. The summed E-state index contributed by atoms with van der Waals surface area (Å²) >= 11 is 0. The van der Waals surface area contributed by atoms with Crippen LogP contribution in [0.3, 0.4) is 0 Å². The van der Waals surface area contributed by atoms with Gasteiger partial charge in [0.15, 0.2) is 0 Å². The molecule has 0 N–H and O–H groups in total. The topological polar surface area (TPSA) is 258 Å². The highest BCUT2D eigenvalue weighted by atomic mass is 16.7. The predicted octanol–water partition coefficient (Wildman–Crippen LogP) is 20.5. The molecular formula is C114H228O28. The van der Waals surface area contributed by atoms with Crippen molar-refractivity contribution in [2.45, 2.75) is 448 Å². The second kappa shape index (κ2) is 77.3. The SMILES string of the molecule is COC1C(COCC(C)C)OC(C)C(C)C1OCC(C)C.COC1C(COCC(C)C)OC(C)C(OCC(C)C)C1C.COC1C(COCC(C)C)OC(C)C(OCC(C)C)C1OCC(C)C.COC1C(COCC(C)C)OC(C)C(OCC(C)C)C1OCC(C)C.COC1C(COCC(C)C)OC(C)C(OCC(C)C)C1OCC(C)C.COC1C(COCC(C)C)OC(C)C(OCC(C)C)C1OCC(C)C. The fraction of sp³-hybridized carbons (Fsp3) is 1.00. The first-order valence-electron chi connectivity index (χ1n) is 55.5. The third kappa shape index (κ3) is 56.1. The van der Waals surface area contributed by atoms with Crippen LogP contribution in [0.15, 0.2) is 0 Å². The van der Waals surface area contributed by atoms with Crippen molar-refractivity contribution in [2.75, 3.05) is 188 Å². The summed E-state index contributed by atoms with van der Waals surface area (Å²) < 4.78 is 168. The largest absolute Gasteiger partial charge is 0.378 e. The first kappa shape index (κ1) is 139. The fourth-order valence-corrected chi connectivity index (χ4v) is 17.4. The third-order valence-corrected chi connectivity index (χ3v) is 24.3. The van der Waals surface area contributed by atoms with E-state index in [2.05, 4.69) is 277 Å². The molecule has 28 heteroatoms. The molecule has 0 aromatic heterocycles. The predicted molar refractivity (Wildman–Crippen MR) is 569 cm³/mol. The van der Waals surface area contributed by atoms with Crippen LogP contribution < -0.4 is 0 Å². The third-order valence-electron chi connectivity index (χ3n) is 24.3. The lowest BCUT2D eigenvalue weighted by molar-refractivity contribution is -0.260. The van der Waals surface area contributed by atoms with Crippen molar-refractivity contribution < 1.29 is 133 Å². The quantitative estimate of drug-likeness (QED) is 0.0548. The minimum absolute atomic E-state index is 0.0161. The van der Waals surface area contributed by atoms with Gasteiger partial charge in [0.2, 0.25) is 0 Å². The van der Waals surface area contributed by atoms with Crippen LogP contribution >= 0.6 is 0 Å². The molecule has 852 valence electrons. The first-order chi connectivity index (χ1) is 66.7. The Morgan fingerprint density at radius 1 is 0.141 bits per heavy atom. The van der Waals surface area contributed by atoms with Gasteiger partial charge in [0.25, 0.3) is 0 Å². The zero-order chi connectivity index (χ0) is 108. The van der Waals surface area contributed by atoms with Gasteiger partial charge in [-0.25, -0.2) is 0 Å². The van der Waals surface area contributed by atoms with E-state index in [4.69, 9.17) is 133 Å². The molecule has 30 atom stereocenters. The molecule has 6 fully saturated rings. The Morgan fingerprint density at radius 3 is 0.444 bits per heavy atom. The second-order valence-electron chi connectivity index (χ2n) is 47.7. The average molecular weight is 2050 g/mol. The number of hydrogen-bond acceptors (Lipinski definition) is 28. The molecule has 6 aliphatic rings. The van der Waals surface area contributed by atoms with Crippen LogP contribution in [-0.2, 0) is 133 Å².